The number of carbonyl (C=O) groups excluding carboxylic acids is 1. The van der Waals surface area contributed by atoms with Gasteiger partial charge in [-0.15, -0.1) is 0 Å². The molecule has 2 aromatic carbocycles. The Labute approximate surface area is 144 Å². The summed E-state index contributed by atoms with van der Waals surface area (Å²) in [4.78, 5) is 26.9. The molecule has 0 fully saturated rings. The van der Waals surface area contributed by atoms with Crippen molar-refractivity contribution >= 4 is 17.5 Å². The summed E-state index contributed by atoms with van der Waals surface area (Å²) in [6, 6.07) is 18.1. The molecule has 4 nitrogen and oxygen atoms in total. The molecule has 1 aromatic heterocycles. The molecule has 0 radical (unpaired) electrons. The van der Waals surface area contributed by atoms with Gasteiger partial charge in [-0.1, -0.05) is 54.1 Å². The molecule has 3 rings (SSSR count). The number of rotatable bonds is 4. The van der Waals surface area contributed by atoms with E-state index in [0.717, 1.165) is 11.1 Å². The molecule has 24 heavy (non-hydrogen) atoms. The second kappa shape index (κ2) is 7.15. The van der Waals surface area contributed by atoms with E-state index in [0.29, 0.717) is 22.7 Å². The Morgan fingerprint density at radius 3 is 2.46 bits per heavy atom. The number of aromatic amines is 1. The Morgan fingerprint density at radius 1 is 1.04 bits per heavy atom. The predicted molar refractivity (Wildman–Crippen MR) is 95.1 cm³/mol. The molecule has 0 saturated carbocycles. The Morgan fingerprint density at radius 2 is 1.75 bits per heavy atom. The summed E-state index contributed by atoms with van der Waals surface area (Å²) in [5, 5.41) is 3.48. The number of aromatic nitrogens is 1. The summed E-state index contributed by atoms with van der Waals surface area (Å²) in [6.45, 7) is 0.385. The van der Waals surface area contributed by atoms with Crippen LogP contribution in [-0.2, 0) is 6.54 Å². The summed E-state index contributed by atoms with van der Waals surface area (Å²) < 4.78 is 0. The molecular formula is C19H15ClN2O2. The lowest BCUT2D eigenvalue weighted by atomic mass is 10.1. The third kappa shape index (κ3) is 3.73. The van der Waals surface area contributed by atoms with Crippen molar-refractivity contribution in [3.63, 3.8) is 0 Å². The zero-order valence-corrected chi connectivity index (χ0v) is 13.5. The molecular weight excluding hydrogens is 324 g/mol. The lowest BCUT2D eigenvalue weighted by Crippen LogP contribution is -2.24. The zero-order chi connectivity index (χ0) is 16.9. The van der Waals surface area contributed by atoms with Gasteiger partial charge < -0.3 is 10.3 Å². The van der Waals surface area contributed by atoms with Crippen LogP contribution in [0.3, 0.4) is 0 Å². The lowest BCUT2D eigenvalue weighted by Gasteiger charge is -2.07. The summed E-state index contributed by atoms with van der Waals surface area (Å²) in [7, 11) is 0. The van der Waals surface area contributed by atoms with E-state index in [1.54, 1.807) is 18.2 Å². The molecule has 0 aliphatic heterocycles. The summed E-state index contributed by atoms with van der Waals surface area (Å²) in [5.41, 5.74) is 2.36. The minimum Gasteiger partial charge on any atom is -0.348 e. The average Bonchev–Trinajstić information content (AvgIpc) is 2.62. The lowest BCUT2D eigenvalue weighted by molar-refractivity contribution is 0.0950. The molecule has 0 aliphatic rings. The van der Waals surface area contributed by atoms with E-state index < -0.39 is 0 Å². The van der Waals surface area contributed by atoms with E-state index in [9.17, 15) is 9.59 Å². The minimum absolute atomic E-state index is 0.226. The number of benzene rings is 2. The van der Waals surface area contributed by atoms with Gasteiger partial charge in [-0.05, 0) is 29.3 Å². The Hall–Kier alpha value is -2.85. The van der Waals surface area contributed by atoms with E-state index in [1.165, 1.54) is 6.20 Å². The van der Waals surface area contributed by atoms with E-state index in [2.05, 4.69) is 10.3 Å². The van der Waals surface area contributed by atoms with Crippen LogP contribution in [0, 0.1) is 0 Å². The first-order valence-electron chi connectivity index (χ1n) is 7.44. The van der Waals surface area contributed by atoms with E-state index >= 15 is 0 Å². The van der Waals surface area contributed by atoms with Crippen LogP contribution in [0.25, 0.3) is 11.1 Å². The maximum atomic E-state index is 12.3. The largest absolute Gasteiger partial charge is 0.348 e. The molecule has 0 aliphatic carbocycles. The zero-order valence-electron chi connectivity index (χ0n) is 12.8. The first kappa shape index (κ1) is 16.0. The Kier molecular flexibility index (Phi) is 4.77. The maximum absolute atomic E-state index is 12.3. The fourth-order valence-corrected chi connectivity index (χ4v) is 2.46. The number of H-pyrrole nitrogens is 1. The monoisotopic (exact) mass is 338 g/mol. The van der Waals surface area contributed by atoms with Crippen LogP contribution in [-0.4, -0.2) is 10.9 Å². The summed E-state index contributed by atoms with van der Waals surface area (Å²) in [6.07, 6.45) is 1.42. The van der Waals surface area contributed by atoms with Crippen molar-refractivity contribution < 1.29 is 4.79 Å². The standard InChI is InChI=1S/C19H15ClN2O2/c20-16-8-6-13(7-9-16)11-21-18(23)15-10-17(19(24)22-12-15)14-4-2-1-3-5-14/h1-10,12H,11H2,(H,21,23)(H,22,24). The van der Waals surface area contributed by atoms with Crippen LogP contribution in [0.4, 0.5) is 0 Å². The van der Waals surface area contributed by atoms with Gasteiger partial charge in [-0.3, -0.25) is 9.59 Å². The first-order valence-corrected chi connectivity index (χ1v) is 7.82. The van der Waals surface area contributed by atoms with Crippen molar-refractivity contribution in [1.29, 1.82) is 0 Å². The third-order valence-electron chi connectivity index (χ3n) is 3.62. The molecule has 0 unspecified atom stereocenters. The van der Waals surface area contributed by atoms with Gasteiger partial charge in [0.05, 0.1) is 5.56 Å². The number of hydrogen-bond acceptors (Lipinski definition) is 2. The number of halogens is 1. The van der Waals surface area contributed by atoms with Crippen LogP contribution in [0.2, 0.25) is 5.02 Å². The quantitative estimate of drug-likeness (QED) is 0.763. The highest BCUT2D eigenvalue weighted by atomic mass is 35.5. The third-order valence-corrected chi connectivity index (χ3v) is 3.87. The predicted octanol–water partition coefficient (Wildman–Crippen LogP) is 3.63. The molecule has 1 heterocycles. The summed E-state index contributed by atoms with van der Waals surface area (Å²) in [5.74, 6) is -0.251. The number of carbonyl (C=O) groups is 1. The van der Waals surface area contributed by atoms with Crippen molar-refractivity contribution in [2.75, 3.05) is 0 Å². The van der Waals surface area contributed by atoms with Crippen LogP contribution in [0.5, 0.6) is 0 Å². The molecule has 3 aromatic rings. The maximum Gasteiger partial charge on any atom is 0.255 e. The average molecular weight is 339 g/mol. The second-order valence-electron chi connectivity index (χ2n) is 5.31. The molecule has 1 amide bonds. The highest BCUT2D eigenvalue weighted by Gasteiger charge is 2.10. The van der Waals surface area contributed by atoms with Crippen molar-refractivity contribution in [3.8, 4) is 11.1 Å². The summed E-state index contributed by atoms with van der Waals surface area (Å²) >= 11 is 5.84. The van der Waals surface area contributed by atoms with E-state index in [4.69, 9.17) is 11.6 Å². The molecule has 0 bridgehead atoms. The Bertz CT molecular complexity index is 903. The van der Waals surface area contributed by atoms with Gasteiger partial charge in [-0.2, -0.15) is 0 Å². The van der Waals surface area contributed by atoms with E-state index in [1.807, 2.05) is 42.5 Å². The van der Waals surface area contributed by atoms with Gasteiger partial charge in [0.25, 0.3) is 11.5 Å². The molecule has 120 valence electrons. The van der Waals surface area contributed by atoms with Gasteiger partial charge in [0.1, 0.15) is 0 Å². The number of amides is 1. The van der Waals surface area contributed by atoms with Gasteiger partial charge in [-0.25, -0.2) is 0 Å². The number of nitrogens with one attached hydrogen (secondary N) is 2. The van der Waals surface area contributed by atoms with Gasteiger partial charge in [0.15, 0.2) is 0 Å². The van der Waals surface area contributed by atoms with Crippen LogP contribution in [0.1, 0.15) is 15.9 Å². The van der Waals surface area contributed by atoms with Gasteiger partial charge in [0, 0.05) is 23.3 Å². The number of pyridine rings is 1. The number of hydrogen-bond donors (Lipinski definition) is 2. The SMILES string of the molecule is O=C(NCc1ccc(Cl)cc1)c1c[nH]c(=O)c(-c2ccccc2)c1. The molecule has 5 heteroatoms. The second-order valence-corrected chi connectivity index (χ2v) is 5.74. The Balaban J connectivity index is 1.78. The highest BCUT2D eigenvalue weighted by molar-refractivity contribution is 6.30. The molecule has 0 saturated heterocycles. The van der Waals surface area contributed by atoms with Crippen LogP contribution in [0.15, 0.2) is 71.7 Å². The fourth-order valence-electron chi connectivity index (χ4n) is 2.33. The minimum atomic E-state index is -0.251. The van der Waals surface area contributed by atoms with E-state index in [-0.39, 0.29) is 11.5 Å². The van der Waals surface area contributed by atoms with Gasteiger partial charge >= 0.3 is 0 Å². The van der Waals surface area contributed by atoms with Crippen molar-refractivity contribution in [3.05, 3.63) is 93.4 Å². The normalized spacial score (nSPS) is 10.4. The van der Waals surface area contributed by atoms with Crippen molar-refractivity contribution in [2.45, 2.75) is 6.54 Å². The molecule has 0 spiro atoms. The van der Waals surface area contributed by atoms with Crippen molar-refractivity contribution in [1.82, 2.24) is 10.3 Å². The fraction of sp³-hybridized carbons (Fsp3) is 0.0526. The topological polar surface area (TPSA) is 62.0 Å². The van der Waals surface area contributed by atoms with Crippen molar-refractivity contribution in [2.24, 2.45) is 0 Å². The molecule has 2 N–H and O–H groups in total. The molecule has 0 atom stereocenters. The van der Waals surface area contributed by atoms with Crippen LogP contribution >= 0.6 is 11.6 Å². The first-order chi connectivity index (χ1) is 11.6. The smallest absolute Gasteiger partial charge is 0.255 e. The highest BCUT2D eigenvalue weighted by Crippen LogP contribution is 2.15. The van der Waals surface area contributed by atoms with Crippen LogP contribution < -0.4 is 10.9 Å². The van der Waals surface area contributed by atoms with Gasteiger partial charge in [0.2, 0.25) is 0 Å².